The van der Waals surface area contributed by atoms with E-state index >= 15 is 0 Å². The number of carbonyl (C=O) groups is 3. The van der Waals surface area contributed by atoms with Gasteiger partial charge in [0, 0.05) is 6.54 Å². The molecule has 2 aromatic rings. The Kier molecular flexibility index (Phi) is 8.80. The van der Waals surface area contributed by atoms with E-state index in [1.54, 1.807) is 32.0 Å². The molecule has 0 heterocycles. The first-order chi connectivity index (χ1) is 14.4. The molecule has 0 saturated carbocycles. The Labute approximate surface area is 174 Å². The van der Waals surface area contributed by atoms with Gasteiger partial charge >= 0.3 is 11.9 Å². The highest BCUT2D eigenvalue weighted by molar-refractivity contribution is 5.96. The van der Waals surface area contributed by atoms with Gasteiger partial charge < -0.3 is 19.5 Å². The molecule has 0 unspecified atom stereocenters. The van der Waals surface area contributed by atoms with Gasteiger partial charge in [0.05, 0.1) is 24.3 Å². The van der Waals surface area contributed by atoms with E-state index in [0.717, 1.165) is 0 Å². The van der Waals surface area contributed by atoms with Crippen molar-refractivity contribution in [1.29, 1.82) is 0 Å². The number of esters is 2. The van der Waals surface area contributed by atoms with E-state index in [0.29, 0.717) is 12.0 Å². The Hall–Kier alpha value is -3.42. The lowest BCUT2D eigenvalue weighted by Gasteiger charge is -2.11. The summed E-state index contributed by atoms with van der Waals surface area (Å²) in [6.45, 7) is 3.56. The number of carbonyl (C=O) groups excluding carboxylic acids is 3. The average Bonchev–Trinajstić information content (AvgIpc) is 2.74. The van der Waals surface area contributed by atoms with Crippen LogP contribution in [0.2, 0.25) is 0 Å². The quantitative estimate of drug-likeness (QED) is 0.598. The van der Waals surface area contributed by atoms with Crippen molar-refractivity contribution in [3.8, 4) is 5.75 Å². The number of hydrogen-bond donors (Lipinski definition) is 1. The summed E-state index contributed by atoms with van der Waals surface area (Å²) >= 11 is 0. The Balaban J connectivity index is 1.98. The predicted molar refractivity (Wildman–Crippen MR) is 107 cm³/mol. The van der Waals surface area contributed by atoms with Crippen LogP contribution >= 0.6 is 0 Å². The number of nitrogens with one attached hydrogen (secondary N) is 1. The normalized spacial score (nSPS) is 10.2. The average molecular weight is 417 g/mol. The molecule has 0 saturated heterocycles. The van der Waals surface area contributed by atoms with E-state index in [2.05, 4.69) is 5.32 Å². The summed E-state index contributed by atoms with van der Waals surface area (Å²) in [5.41, 5.74) is 0.717. The summed E-state index contributed by atoms with van der Waals surface area (Å²) in [5, 5.41) is 2.63. The van der Waals surface area contributed by atoms with Gasteiger partial charge in [-0.15, -0.1) is 0 Å². The van der Waals surface area contributed by atoms with E-state index < -0.39 is 17.8 Å². The molecule has 1 amide bonds. The highest BCUT2D eigenvalue weighted by atomic mass is 19.1. The summed E-state index contributed by atoms with van der Waals surface area (Å²) in [6.07, 6.45) is 0.337. The fourth-order valence-electron chi connectivity index (χ4n) is 2.58. The third-order valence-corrected chi connectivity index (χ3v) is 3.97. The minimum absolute atomic E-state index is 0.109. The lowest BCUT2D eigenvalue weighted by molar-refractivity contribution is -0.123. The molecule has 0 fully saturated rings. The number of halogens is 1. The molecule has 8 heteroatoms. The Morgan fingerprint density at radius 1 is 0.933 bits per heavy atom. The zero-order chi connectivity index (χ0) is 21.9. The van der Waals surface area contributed by atoms with Crippen molar-refractivity contribution in [2.24, 2.45) is 0 Å². The van der Waals surface area contributed by atoms with Gasteiger partial charge in [-0.05, 0) is 50.1 Å². The van der Waals surface area contributed by atoms with Crippen molar-refractivity contribution in [3.63, 3.8) is 0 Å². The van der Waals surface area contributed by atoms with Crippen LogP contribution in [0.1, 0.15) is 40.1 Å². The van der Waals surface area contributed by atoms with E-state index in [1.165, 1.54) is 24.3 Å². The van der Waals surface area contributed by atoms with Gasteiger partial charge in [0.1, 0.15) is 11.6 Å². The van der Waals surface area contributed by atoms with Crippen LogP contribution < -0.4 is 10.1 Å². The fourth-order valence-corrected chi connectivity index (χ4v) is 2.58. The first-order valence-corrected chi connectivity index (χ1v) is 9.56. The molecule has 0 radical (unpaired) electrons. The van der Waals surface area contributed by atoms with Crippen LogP contribution in [0.5, 0.6) is 5.75 Å². The second kappa shape index (κ2) is 11.5. The van der Waals surface area contributed by atoms with Crippen molar-refractivity contribution in [1.82, 2.24) is 5.32 Å². The number of rotatable bonds is 10. The fraction of sp³-hybridized carbons (Fsp3) is 0.318. The number of benzene rings is 2. The zero-order valence-corrected chi connectivity index (χ0v) is 16.9. The summed E-state index contributed by atoms with van der Waals surface area (Å²) in [7, 11) is 0. The maximum atomic E-state index is 13.6. The second-order valence-electron chi connectivity index (χ2n) is 6.17. The number of amides is 1. The van der Waals surface area contributed by atoms with Crippen LogP contribution in [0, 0.1) is 5.82 Å². The SMILES string of the molecule is CCOC(=O)c1cc(OCC(=O)NCCc2ccccc2F)cc(C(=O)OCC)c1. The molecule has 160 valence electrons. The third-order valence-electron chi connectivity index (χ3n) is 3.97. The molecule has 30 heavy (non-hydrogen) atoms. The molecule has 0 bridgehead atoms. The topological polar surface area (TPSA) is 90.9 Å². The molecular weight excluding hydrogens is 393 g/mol. The first-order valence-electron chi connectivity index (χ1n) is 9.56. The number of ether oxygens (including phenoxy) is 3. The van der Waals surface area contributed by atoms with Gasteiger partial charge in [0.2, 0.25) is 0 Å². The number of hydrogen-bond acceptors (Lipinski definition) is 6. The van der Waals surface area contributed by atoms with Gasteiger partial charge in [-0.1, -0.05) is 18.2 Å². The highest BCUT2D eigenvalue weighted by Gasteiger charge is 2.16. The highest BCUT2D eigenvalue weighted by Crippen LogP contribution is 2.19. The maximum absolute atomic E-state index is 13.6. The Morgan fingerprint density at radius 2 is 1.53 bits per heavy atom. The van der Waals surface area contributed by atoms with Gasteiger partial charge in [-0.2, -0.15) is 0 Å². The molecule has 0 atom stereocenters. The van der Waals surface area contributed by atoms with E-state index in [9.17, 15) is 18.8 Å². The Bertz CT molecular complexity index is 863. The van der Waals surface area contributed by atoms with E-state index in [1.807, 2.05) is 0 Å². The molecule has 0 aromatic heterocycles. The molecule has 7 nitrogen and oxygen atoms in total. The predicted octanol–water partition coefficient (Wildman–Crippen LogP) is 2.92. The van der Waals surface area contributed by atoms with Crippen molar-refractivity contribution in [2.75, 3.05) is 26.4 Å². The van der Waals surface area contributed by atoms with Crippen molar-refractivity contribution >= 4 is 17.8 Å². The molecule has 0 aliphatic heterocycles. The minimum atomic E-state index is -0.622. The van der Waals surface area contributed by atoms with Crippen LogP contribution in [-0.2, 0) is 20.7 Å². The van der Waals surface area contributed by atoms with Gasteiger partial charge in [-0.3, -0.25) is 4.79 Å². The Morgan fingerprint density at radius 3 is 2.10 bits per heavy atom. The molecule has 1 N–H and O–H groups in total. The largest absolute Gasteiger partial charge is 0.484 e. The molecule has 2 rings (SSSR count). The standard InChI is InChI=1S/C22H24FNO6/c1-3-28-21(26)16-11-17(22(27)29-4-2)13-18(12-16)30-14-20(25)24-10-9-15-7-5-6-8-19(15)23/h5-8,11-13H,3-4,9-10,14H2,1-2H3,(H,24,25). The zero-order valence-electron chi connectivity index (χ0n) is 16.9. The van der Waals surface area contributed by atoms with Gasteiger partial charge in [0.15, 0.2) is 6.61 Å². The van der Waals surface area contributed by atoms with Crippen LogP contribution in [0.4, 0.5) is 4.39 Å². The summed E-state index contributed by atoms with van der Waals surface area (Å²) in [5.74, 6) is -1.85. The van der Waals surface area contributed by atoms with Crippen LogP contribution in [0.15, 0.2) is 42.5 Å². The lowest BCUT2D eigenvalue weighted by Crippen LogP contribution is -2.30. The summed E-state index contributed by atoms with van der Waals surface area (Å²) in [6, 6.07) is 10.4. The first kappa shape index (κ1) is 22.9. The summed E-state index contributed by atoms with van der Waals surface area (Å²) < 4.78 is 28.9. The molecule has 2 aromatic carbocycles. The molecular formula is C22H24FNO6. The van der Waals surface area contributed by atoms with Crippen molar-refractivity contribution < 1.29 is 33.0 Å². The van der Waals surface area contributed by atoms with E-state index in [4.69, 9.17) is 14.2 Å². The van der Waals surface area contributed by atoms with E-state index in [-0.39, 0.29) is 49.1 Å². The monoisotopic (exact) mass is 417 g/mol. The van der Waals surface area contributed by atoms with Crippen LogP contribution in [-0.4, -0.2) is 44.2 Å². The molecule has 0 aliphatic rings. The summed E-state index contributed by atoms with van der Waals surface area (Å²) in [4.78, 5) is 36.1. The minimum Gasteiger partial charge on any atom is -0.484 e. The van der Waals surface area contributed by atoms with Crippen LogP contribution in [0.25, 0.3) is 0 Å². The van der Waals surface area contributed by atoms with Gasteiger partial charge in [0.25, 0.3) is 5.91 Å². The molecule has 0 spiro atoms. The van der Waals surface area contributed by atoms with Gasteiger partial charge in [-0.25, -0.2) is 14.0 Å². The third kappa shape index (κ3) is 6.88. The van der Waals surface area contributed by atoms with Crippen LogP contribution in [0.3, 0.4) is 0 Å². The smallest absolute Gasteiger partial charge is 0.338 e. The van der Waals surface area contributed by atoms with Crippen molar-refractivity contribution in [2.45, 2.75) is 20.3 Å². The lowest BCUT2D eigenvalue weighted by atomic mass is 10.1. The van der Waals surface area contributed by atoms with Crippen molar-refractivity contribution in [3.05, 3.63) is 65.0 Å². The maximum Gasteiger partial charge on any atom is 0.338 e. The second-order valence-corrected chi connectivity index (χ2v) is 6.17. The molecule has 0 aliphatic carbocycles.